The topological polar surface area (TPSA) is 158 Å². The molecule has 5 rings (SSSR count). The van der Waals surface area contributed by atoms with Crippen molar-refractivity contribution in [3.8, 4) is 17.2 Å². The van der Waals surface area contributed by atoms with Gasteiger partial charge in [0.25, 0.3) is 17.5 Å². The van der Waals surface area contributed by atoms with E-state index < -0.39 is 22.0 Å². The molecule has 12 nitrogen and oxygen atoms in total. The minimum Gasteiger partial charge on any atom is -0.493 e. The smallest absolute Gasteiger partial charge is 0.272 e. The lowest BCUT2D eigenvalue weighted by Crippen LogP contribution is -2.30. The van der Waals surface area contributed by atoms with Gasteiger partial charge >= 0.3 is 0 Å². The van der Waals surface area contributed by atoms with Crippen molar-refractivity contribution in [3.63, 3.8) is 0 Å². The van der Waals surface area contributed by atoms with E-state index in [1.807, 2.05) is 30.3 Å². The van der Waals surface area contributed by atoms with E-state index in [9.17, 15) is 24.5 Å². The van der Waals surface area contributed by atoms with Crippen molar-refractivity contribution in [3.05, 3.63) is 154 Å². The van der Waals surface area contributed by atoms with Gasteiger partial charge in [0.15, 0.2) is 11.5 Å². The van der Waals surface area contributed by atoms with E-state index in [0.717, 1.165) is 10.5 Å². The van der Waals surface area contributed by atoms with Crippen molar-refractivity contribution < 1.29 is 33.5 Å². The molecule has 1 unspecified atom stereocenters. The van der Waals surface area contributed by atoms with Crippen molar-refractivity contribution in [2.24, 2.45) is 0 Å². The summed E-state index contributed by atoms with van der Waals surface area (Å²) in [7, 11) is 4.44. The third kappa shape index (κ3) is 9.34. The Morgan fingerprint density at radius 1 is 0.731 bits per heavy atom. The first-order chi connectivity index (χ1) is 25.2. The number of thioether (sulfide) groups is 1. The fourth-order valence-electron chi connectivity index (χ4n) is 5.02. The largest absolute Gasteiger partial charge is 0.493 e. The molecule has 0 saturated carbocycles. The highest BCUT2D eigenvalue weighted by Gasteiger charge is 2.23. The van der Waals surface area contributed by atoms with Crippen LogP contribution in [-0.4, -0.2) is 44.0 Å². The first-order valence-electron chi connectivity index (χ1n) is 15.8. The fraction of sp³-hybridized carbons (Fsp3) is 0.103. The summed E-state index contributed by atoms with van der Waals surface area (Å²) in [4.78, 5) is 51.6. The van der Waals surface area contributed by atoms with Gasteiger partial charge in [0, 0.05) is 34.0 Å². The fourth-order valence-corrected chi connectivity index (χ4v) is 6.04. The predicted octanol–water partition coefficient (Wildman–Crippen LogP) is 7.50. The Balaban J connectivity index is 1.37. The Morgan fingerprint density at radius 2 is 1.29 bits per heavy atom. The molecule has 0 saturated heterocycles. The average molecular weight is 719 g/mol. The highest BCUT2D eigenvalue weighted by atomic mass is 32.2. The van der Waals surface area contributed by atoms with Crippen LogP contribution in [0.3, 0.4) is 0 Å². The highest BCUT2D eigenvalue weighted by molar-refractivity contribution is 8.00. The zero-order valence-corrected chi connectivity index (χ0v) is 29.1. The van der Waals surface area contributed by atoms with E-state index in [1.165, 1.54) is 63.4 Å². The van der Waals surface area contributed by atoms with E-state index in [-0.39, 0.29) is 17.3 Å². The summed E-state index contributed by atoms with van der Waals surface area (Å²) in [6, 6.07) is 33.5. The number of nitro groups is 1. The van der Waals surface area contributed by atoms with Gasteiger partial charge in [0.05, 0.1) is 26.3 Å². The first-order valence-corrected chi connectivity index (χ1v) is 16.6. The molecule has 0 aliphatic carbocycles. The number of hydrogen-bond acceptors (Lipinski definition) is 9. The number of carbonyl (C=O) groups excluding carboxylic acids is 3. The summed E-state index contributed by atoms with van der Waals surface area (Å²) in [6.07, 6.45) is 1.50. The number of methoxy groups -OCH3 is 3. The van der Waals surface area contributed by atoms with Crippen LogP contribution in [0.25, 0.3) is 6.08 Å². The number of hydrogen-bond donors (Lipinski definition) is 3. The Labute approximate surface area is 304 Å². The molecule has 3 N–H and O–H groups in total. The zero-order valence-electron chi connectivity index (χ0n) is 28.3. The van der Waals surface area contributed by atoms with Crippen molar-refractivity contribution >= 4 is 52.6 Å². The van der Waals surface area contributed by atoms with Gasteiger partial charge in [-0.2, -0.15) is 0 Å². The molecule has 52 heavy (non-hydrogen) atoms. The number of ether oxygens (including phenoxy) is 3. The van der Waals surface area contributed by atoms with Gasteiger partial charge in [-0.1, -0.05) is 48.5 Å². The molecule has 0 fully saturated rings. The number of amides is 3. The molecule has 0 radical (unpaired) electrons. The maximum absolute atomic E-state index is 13.7. The Bertz CT molecular complexity index is 2050. The third-order valence-corrected chi connectivity index (χ3v) is 8.85. The van der Waals surface area contributed by atoms with Gasteiger partial charge < -0.3 is 30.2 Å². The second-order valence-corrected chi connectivity index (χ2v) is 12.2. The van der Waals surface area contributed by atoms with E-state index in [0.29, 0.717) is 39.8 Å². The number of nitrogens with zero attached hydrogens (tertiary/aromatic N) is 1. The van der Waals surface area contributed by atoms with Crippen molar-refractivity contribution in [2.45, 2.75) is 10.1 Å². The highest BCUT2D eigenvalue weighted by Crippen LogP contribution is 2.39. The number of nitro benzene ring substituents is 1. The van der Waals surface area contributed by atoms with Gasteiger partial charge in [-0.15, -0.1) is 11.8 Å². The quantitative estimate of drug-likeness (QED) is 0.0458. The summed E-state index contributed by atoms with van der Waals surface area (Å²) in [6.45, 7) is 0. The molecule has 0 heterocycles. The van der Waals surface area contributed by atoms with Crippen LogP contribution in [0.15, 0.2) is 132 Å². The number of non-ortho nitro benzene ring substituents is 1. The number of nitrogens with one attached hydrogen (secondary N) is 3. The minimum absolute atomic E-state index is 0.0476. The van der Waals surface area contributed by atoms with Gasteiger partial charge in [0.2, 0.25) is 11.7 Å². The van der Waals surface area contributed by atoms with Crippen LogP contribution in [0.2, 0.25) is 0 Å². The second kappa shape index (κ2) is 17.4. The number of anilines is 2. The zero-order chi connectivity index (χ0) is 37.0. The minimum atomic E-state index is -0.668. The molecular formula is C39H34N4O8S. The van der Waals surface area contributed by atoms with Crippen LogP contribution in [0.5, 0.6) is 17.2 Å². The van der Waals surface area contributed by atoms with Crippen molar-refractivity contribution in [1.82, 2.24) is 5.32 Å². The standard InChI is InChI=1S/C39H34N4O8S/c1-49-33-23-25(24-34(50-2)35(33)51-3)22-32(42-37(44)27-12-8-5-9-13-27)38(45)40-29-16-20-31(21-17-29)52-36(26-10-6-4-7-11-26)39(46)41-28-14-18-30(19-15-28)43(47)48/h4-24,36H,1-3H3,(H,40,45)(H,41,46)(H,42,44)/b32-22-. The Hall–Kier alpha value is -6.60. The summed E-state index contributed by atoms with van der Waals surface area (Å²) in [5.74, 6) is -0.296. The van der Waals surface area contributed by atoms with Crippen LogP contribution >= 0.6 is 11.8 Å². The number of rotatable bonds is 14. The molecule has 13 heteroatoms. The van der Waals surface area contributed by atoms with Gasteiger partial charge in [-0.25, -0.2) is 0 Å². The van der Waals surface area contributed by atoms with Crippen molar-refractivity contribution in [1.29, 1.82) is 0 Å². The number of carbonyl (C=O) groups is 3. The molecule has 0 aliphatic heterocycles. The van der Waals surface area contributed by atoms with Crippen LogP contribution < -0.4 is 30.2 Å². The molecule has 1 atom stereocenters. The van der Waals surface area contributed by atoms with Crippen LogP contribution in [0.4, 0.5) is 17.1 Å². The van der Waals surface area contributed by atoms with Gasteiger partial charge in [0.1, 0.15) is 10.9 Å². The maximum atomic E-state index is 13.7. The lowest BCUT2D eigenvalue weighted by Gasteiger charge is -2.17. The summed E-state index contributed by atoms with van der Waals surface area (Å²) < 4.78 is 16.3. The molecular weight excluding hydrogens is 685 g/mol. The monoisotopic (exact) mass is 718 g/mol. The molecule has 0 spiro atoms. The lowest BCUT2D eigenvalue weighted by molar-refractivity contribution is -0.384. The summed E-state index contributed by atoms with van der Waals surface area (Å²) >= 11 is 1.29. The van der Waals surface area contributed by atoms with E-state index in [1.54, 1.807) is 66.7 Å². The lowest BCUT2D eigenvalue weighted by atomic mass is 10.1. The predicted molar refractivity (Wildman–Crippen MR) is 200 cm³/mol. The molecule has 0 aromatic heterocycles. The molecule has 0 aliphatic rings. The Morgan fingerprint density at radius 3 is 1.85 bits per heavy atom. The van der Waals surface area contributed by atoms with Crippen LogP contribution in [0.1, 0.15) is 26.7 Å². The van der Waals surface area contributed by atoms with Crippen LogP contribution in [0, 0.1) is 10.1 Å². The average Bonchev–Trinajstić information content (AvgIpc) is 3.17. The van der Waals surface area contributed by atoms with Gasteiger partial charge in [-0.05, 0) is 77.9 Å². The molecule has 5 aromatic carbocycles. The second-order valence-electron chi connectivity index (χ2n) is 11.0. The molecule has 5 aromatic rings. The first kappa shape index (κ1) is 36.7. The number of benzene rings is 5. The van der Waals surface area contributed by atoms with E-state index in [2.05, 4.69) is 16.0 Å². The maximum Gasteiger partial charge on any atom is 0.272 e. The van der Waals surface area contributed by atoms with Crippen molar-refractivity contribution in [2.75, 3.05) is 32.0 Å². The normalized spacial score (nSPS) is 11.5. The summed E-state index contributed by atoms with van der Waals surface area (Å²) in [5.41, 5.74) is 2.34. The summed E-state index contributed by atoms with van der Waals surface area (Å²) in [5, 5.41) is 18.8. The molecule has 264 valence electrons. The van der Waals surface area contributed by atoms with Crippen LogP contribution in [-0.2, 0) is 9.59 Å². The van der Waals surface area contributed by atoms with E-state index >= 15 is 0 Å². The molecule has 3 amide bonds. The SMILES string of the molecule is COc1cc(/C=C(\NC(=O)c2ccccc2)C(=O)Nc2ccc(SC(C(=O)Nc3ccc([N+](=O)[O-])cc3)c3ccccc3)cc2)cc(OC)c1OC. The molecule has 0 bridgehead atoms. The van der Waals surface area contributed by atoms with E-state index in [4.69, 9.17) is 14.2 Å². The third-order valence-electron chi connectivity index (χ3n) is 7.58. The van der Waals surface area contributed by atoms with Gasteiger partial charge in [-0.3, -0.25) is 24.5 Å². The Kier molecular flexibility index (Phi) is 12.2.